The van der Waals surface area contributed by atoms with Crippen LogP contribution in [0.15, 0.2) is 118 Å². The average Bonchev–Trinajstić information content (AvgIpc) is 3.28. The number of benzene rings is 4. The number of carbonyl (C=O) groups is 2. The molecule has 1 unspecified atom stereocenters. The van der Waals surface area contributed by atoms with Crippen LogP contribution in [0.2, 0.25) is 0 Å². The number of likely N-dealkylation sites (N-methyl/N-ethyl adjacent to an activating group) is 1. The number of nitrogens with zero attached hydrogens (tertiary/aromatic N) is 5. The Kier molecular flexibility index (Phi) is 22.3. The molecule has 4 aromatic rings. The normalized spacial score (nSPS) is 13.2. The van der Waals surface area contributed by atoms with E-state index in [1.165, 1.54) is 11.1 Å². The Bertz CT molecular complexity index is 2070. The molecule has 346 valence electrons. The zero-order chi connectivity index (χ0) is 46.0. The highest BCUT2D eigenvalue weighted by Crippen LogP contribution is 2.38. The maximum atomic E-state index is 12.8. The molecule has 0 amide bonds. The predicted molar refractivity (Wildman–Crippen MR) is 244 cm³/mol. The van der Waals surface area contributed by atoms with Crippen LogP contribution in [-0.4, -0.2) is 83.2 Å². The van der Waals surface area contributed by atoms with Crippen LogP contribution in [0.1, 0.15) is 76.3 Å². The van der Waals surface area contributed by atoms with E-state index in [1.807, 2.05) is 45.4 Å². The monoisotopic (exact) mass is 901 g/mol. The topological polar surface area (TPSA) is 179 Å². The molecule has 0 aliphatic rings. The van der Waals surface area contributed by atoms with E-state index in [9.17, 15) is 19.0 Å². The highest BCUT2D eigenvalue weighted by atomic mass is 31.2. The largest absolute Gasteiger partial charge is 0.756 e. The zero-order valence-corrected chi connectivity index (χ0v) is 38.8. The summed E-state index contributed by atoms with van der Waals surface area (Å²) in [5, 5.41) is 17.2. The highest BCUT2D eigenvalue weighted by Gasteiger charge is 2.22. The summed E-state index contributed by atoms with van der Waals surface area (Å²) in [6.07, 6.45) is 6.10. The number of hydrogen-bond donors (Lipinski definition) is 0. The molecule has 0 saturated carbocycles. The first kappa shape index (κ1) is 51.3. The molecule has 0 N–H and O–H groups in total. The van der Waals surface area contributed by atoms with Crippen molar-refractivity contribution in [3.05, 3.63) is 108 Å². The van der Waals surface area contributed by atoms with Gasteiger partial charge in [0.1, 0.15) is 31.3 Å². The van der Waals surface area contributed by atoms with Gasteiger partial charge in [0.15, 0.2) is 6.10 Å². The maximum absolute atomic E-state index is 12.8. The number of esters is 2. The molecule has 0 aromatic heterocycles. The van der Waals surface area contributed by atoms with Crippen molar-refractivity contribution in [2.24, 2.45) is 20.5 Å². The molecule has 4 aromatic carbocycles. The fraction of sp³-hybridized carbons (Fsp3) is 0.458. The second-order valence-corrected chi connectivity index (χ2v) is 17.6. The zero-order valence-electron chi connectivity index (χ0n) is 37.9. The van der Waals surface area contributed by atoms with E-state index in [-0.39, 0.29) is 32.7 Å². The Morgan fingerprint density at radius 1 is 0.578 bits per heavy atom. The van der Waals surface area contributed by atoms with Gasteiger partial charge in [-0.05, 0) is 122 Å². The third kappa shape index (κ3) is 21.9. The molecule has 0 aliphatic carbocycles. The summed E-state index contributed by atoms with van der Waals surface area (Å²) in [7, 11) is 0.928. The lowest BCUT2D eigenvalue weighted by atomic mass is 10.1. The van der Waals surface area contributed by atoms with E-state index in [2.05, 4.69) is 58.6 Å². The molecule has 64 heavy (non-hydrogen) atoms. The van der Waals surface area contributed by atoms with Crippen molar-refractivity contribution >= 4 is 42.5 Å². The SMILES string of the molecule is CCCCc1ccc(N=Nc2ccc(OCCCC(=O)OC[C@H](COP(=O)([O-])OCC[N+](C)(C)C)OC(=O)CCCOc3ccc(N=Nc4ccc(CCCC)cc4)cc3)cc2)cc1. The smallest absolute Gasteiger partial charge is 0.306 e. The summed E-state index contributed by atoms with van der Waals surface area (Å²) in [6.45, 7) is 4.07. The van der Waals surface area contributed by atoms with Crippen LogP contribution in [-0.2, 0) is 45.5 Å². The van der Waals surface area contributed by atoms with E-state index in [4.69, 9.17) is 28.0 Å². The van der Waals surface area contributed by atoms with Gasteiger partial charge in [-0.1, -0.05) is 51.0 Å². The average molecular weight is 902 g/mol. The molecule has 4 rings (SSSR count). The minimum Gasteiger partial charge on any atom is -0.756 e. The second-order valence-electron chi connectivity index (χ2n) is 16.2. The van der Waals surface area contributed by atoms with Crippen LogP contribution in [0.3, 0.4) is 0 Å². The quantitative estimate of drug-likeness (QED) is 0.0161. The predicted octanol–water partition coefficient (Wildman–Crippen LogP) is 10.9. The first-order valence-electron chi connectivity index (χ1n) is 22.0. The summed E-state index contributed by atoms with van der Waals surface area (Å²) in [5.74, 6) is -0.0428. The number of rotatable bonds is 30. The number of aryl methyl sites for hydroxylation is 2. The van der Waals surface area contributed by atoms with Gasteiger partial charge in [0.25, 0.3) is 7.82 Å². The number of ether oxygens (including phenoxy) is 4. The maximum Gasteiger partial charge on any atom is 0.306 e. The Labute approximate surface area is 378 Å². The Balaban J connectivity index is 1.18. The summed E-state index contributed by atoms with van der Waals surface area (Å²) in [5.41, 5.74) is 5.43. The minimum absolute atomic E-state index is 0.00737. The summed E-state index contributed by atoms with van der Waals surface area (Å²) in [6, 6.07) is 30.3. The van der Waals surface area contributed by atoms with Gasteiger partial charge >= 0.3 is 11.9 Å². The lowest BCUT2D eigenvalue weighted by molar-refractivity contribution is -0.870. The van der Waals surface area contributed by atoms with E-state index < -0.39 is 39.1 Å². The first-order valence-corrected chi connectivity index (χ1v) is 23.5. The molecule has 0 bridgehead atoms. The first-order chi connectivity index (χ1) is 30.8. The Hall–Kier alpha value is -5.31. The summed E-state index contributed by atoms with van der Waals surface area (Å²) < 4.78 is 45.4. The van der Waals surface area contributed by atoms with Crippen LogP contribution in [0.5, 0.6) is 11.5 Å². The van der Waals surface area contributed by atoms with Gasteiger partial charge < -0.3 is 37.4 Å². The highest BCUT2D eigenvalue weighted by molar-refractivity contribution is 7.45. The van der Waals surface area contributed by atoms with E-state index >= 15 is 0 Å². The van der Waals surface area contributed by atoms with Gasteiger partial charge in [0, 0.05) is 12.8 Å². The molecule has 0 spiro atoms. The second kappa shape index (κ2) is 27.8. The van der Waals surface area contributed by atoms with Crippen molar-refractivity contribution in [2.45, 2.75) is 84.2 Å². The standard InChI is InChI=1S/C48H64N5O10P/c1-6-8-12-38-16-20-40(21-17-38)49-51-42-24-28-44(29-25-42)58-33-10-14-47(54)60-36-46(37-62-64(56,57)61-35-32-53(3,4)5)63-48(55)15-11-34-59-45-30-26-43(27-31-45)52-50-41-22-18-39(19-23-41)13-9-7-2/h16-31,46H,6-15,32-37H2,1-5H3/t46-/m1/s1. The molecule has 0 heterocycles. The number of hydrogen-bond acceptors (Lipinski definition) is 14. The van der Waals surface area contributed by atoms with Gasteiger partial charge in [0.2, 0.25) is 0 Å². The van der Waals surface area contributed by atoms with Crippen molar-refractivity contribution in [2.75, 3.05) is 60.7 Å². The molecule has 2 atom stereocenters. The van der Waals surface area contributed by atoms with Crippen LogP contribution < -0.4 is 14.4 Å². The lowest BCUT2D eigenvalue weighted by Crippen LogP contribution is -2.37. The third-order valence-electron chi connectivity index (χ3n) is 9.49. The van der Waals surface area contributed by atoms with Crippen molar-refractivity contribution in [3.63, 3.8) is 0 Å². The molecule has 0 fully saturated rings. The number of phosphoric acid groups is 1. The fourth-order valence-corrected chi connectivity index (χ4v) is 6.47. The molecular weight excluding hydrogens is 838 g/mol. The van der Waals surface area contributed by atoms with Crippen LogP contribution in [0, 0.1) is 0 Å². The van der Waals surface area contributed by atoms with Gasteiger partial charge in [-0.2, -0.15) is 20.5 Å². The number of phosphoric ester groups is 1. The van der Waals surface area contributed by atoms with Crippen molar-refractivity contribution < 1.29 is 51.5 Å². The molecule has 0 radical (unpaired) electrons. The van der Waals surface area contributed by atoms with Gasteiger partial charge in [-0.3, -0.25) is 14.2 Å². The van der Waals surface area contributed by atoms with E-state index in [0.29, 0.717) is 46.7 Å². The number of unbranched alkanes of at least 4 members (excludes halogenated alkanes) is 2. The summed E-state index contributed by atoms with van der Waals surface area (Å²) in [4.78, 5) is 37.9. The number of carbonyl (C=O) groups excluding carboxylic acids is 2. The van der Waals surface area contributed by atoms with Gasteiger partial charge in [0.05, 0.1) is 63.7 Å². The van der Waals surface area contributed by atoms with E-state index in [1.54, 1.807) is 48.5 Å². The number of quaternary nitrogens is 1. The van der Waals surface area contributed by atoms with Gasteiger partial charge in [-0.25, -0.2) is 0 Å². The number of azo groups is 2. The third-order valence-corrected chi connectivity index (χ3v) is 10.5. The van der Waals surface area contributed by atoms with Crippen molar-refractivity contribution in [1.29, 1.82) is 0 Å². The molecule has 16 heteroatoms. The van der Waals surface area contributed by atoms with Crippen LogP contribution >= 0.6 is 7.82 Å². The van der Waals surface area contributed by atoms with Gasteiger partial charge in [-0.15, -0.1) is 0 Å². The van der Waals surface area contributed by atoms with Crippen LogP contribution in [0.25, 0.3) is 0 Å². The molecule has 0 saturated heterocycles. The molecule has 15 nitrogen and oxygen atoms in total. The molecular formula is C48H64N5O10P. The van der Waals surface area contributed by atoms with Crippen molar-refractivity contribution in [3.8, 4) is 11.5 Å². The van der Waals surface area contributed by atoms with Crippen LogP contribution in [0.4, 0.5) is 22.7 Å². The Morgan fingerprint density at radius 3 is 1.42 bits per heavy atom. The van der Waals surface area contributed by atoms with Crippen molar-refractivity contribution in [1.82, 2.24) is 0 Å². The fourth-order valence-electron chi connectivity index (χ4n) is 5.74. The Morgan fingerprint density at radius 2 is 1.00 bits per heavy atom. The lowest BCUT2D eigenvalue weighted by Gasteiger charge is -2.28. The molecule has 0 aliphatic heterocycles. The van der Waals surface area contributed by atoms with E-state index in [0.717, 1.165) is 49.9 Å². The summed E-state index contributed by atoms with van der Waals surface area (Å²) >= 11 is 0. The minimum atomic E-state index is -4.74.